The lowest BCUT2D eigenvalue weighted by Crippen LogP contribution is -2.41. The van der Waals surface area contributed by atoms with Crippen molar-refractivity contribution in [1.82, 2.24) is 10.2 Å². The third-order valence-electron chi connectivity index (χ3n) is 3.94. The molecule has 1 heterocycles. The monoisotopic (exact) mass is 322 g/mol. The highest BCUT2D eigenvalue weighted by Gasteiger charge is 2.19. The molecule has 1 aliphatic heterocycles. The Bertz CT molecular complexity index is 493. The van der Waals surface area contributed by atoms with Gasteiger partial charge >= 0.3 is 0 Å². The summed E-state index contributed by atoms with van der Waals surface area (Å²) in [5.41, 5.74) is 0.441. The molecule has 1 aromatic rings. The molecule has 2 rings (SSSR count). The molecule has 0 spiro atoms. The second-order valence-corrected chi connectivity index (χ2v) is 5.77. The first-order valence-electron chi connectivity index (χ1n) is 7.95. The summed E-state index contributed by atoms with van der Waals surface area (Å²) < 4.78 is 15.9. The molecule has 1 aliphatic rings. The van der Waals surface area contributed by atoms with E-state index in [1.54, 1.807) is 32.4 Å². The zero-order chi connectivity index (χ0) is 16.7. The average Bonchev–Trinajstić information content (AvgIpc) is 2.59. The number of morpholine rings is 1. The van der Waals surface area contributed by atoms with E-state index in [0.29, 0.717) is 29.5 Å². The normalized spacial score (nSPS) is 16.7. The lowest BCUT2D eigenvalue weighted by Gasteiger charge is -2.29. The maximum Gasteiger partial charge on any atom is 0.258 e. The number of amides is 1. The van der Waals surface area contributed by atoms with E-state index in [1.807, 2.05) is 0 Å². The lowest BCUT2D eigenvalue weighted by atomic mass is 10.1. The molecule has 128 valence electrons. The van der Waals surface area contributed by atoms with Gasteiger partial charge < -0.3 is 19.5 Å². The van der Waals surface area contributed by atoms with Gasteiger partial charge in [0.15, 0.2) is 0 Å². The summed E-state index contributed by atoms with van der Waals surface area (Å²) in [4.78, 5) is 14.9. The van der Waals surface area contributed by atoms with Crippen molar-refractivity contribution < 1.29 is 19.0 Å². The minimum Gasteiger partial charge on any atom is -0.496 e. The topological polar surface area (TPSA) is 60.0 Å². The van der Waals surface area contributed by atoms with Crippen molar-refractivity contribution >= 4 is 5.91 Å². The Kier molecular flexibility index (Phi) is 6.67. The van der Waals surface area contributed by atoms with E-state index < -0.39 is 0 Å². The van der Waals surface area contributed by atoms with Crippen molar-refractivity contribution in [2.45, 2.75) is 6.92 Å². The van der Waals surface area contributed by atoms with Crippen LogP contribution in [0.2, 0.25) is 0 Å². The predicted molar refractivity (Wildman–Crippen MR) is 88.3 cm³/mol. The summed E-state index contributed by atoms with van der Waals surface area (Å²) >= 11 is 0. The van der Waals surface area contributed by atoms with Crippen molar-refractivity contribution in [2.75, 3.05) is 53.6 Å². The lowest BCUT2D eigenvalue weighted by molar-refractivity contribution is 0.0317. The molecule has 6 nitrogen and oxygen atoms in total. The number of methoxy groups -OCH3 is 2. The molecule has 1 saturated heterocycles. The summed E-state index contributed by atoms with van der Waals surface area (Å²) in [6.07, 6.45) is 0. The quantitative estimate of drug-likeness (QED) is 0.822. The van der Waals surface area contributed by atoms with Crippen LogP contribution in [0.5, 0.6) is 11.5 Å². The van der Waals surface area contributed by atoms with Gasteiger partial charge in [-0.2, -0.15) is 0 Å². The van der Waals surface area contributed by atoms with Crippen LogP contribution in [0.3, 0.4) is 0 Å². The van der Waals surface area contributed by atoms with Gasteiger partial charge in [0.2, 0.25) is 0 Å². The number of rotatable bonds is 7. The number of carbonyl (C=O) groups is 1. The Labute approximate surface area is 137 Å². The van der Waals surface area contributed by atoms with E-state index in [0.717, 1.165) is 32.8 Å². The second kappa shape index (κ2) is 8.74. The SMILES string of the molecule is COc1cccc(OC)c1C(=O)NCC(C)CN1CCOCC1. The molecule has 1 fully saturated rings. The molecule has 6 heteroatoms. The molecule has 0 aromatic heterocycles. The predicted octanol–water partition coefficient (Wildman–Crippen LogP) is 1.40. The molecule has 0 aliphatic carbocycles. The minimum atomic E-state index is -0.173. The molecule has 1 N–H and O–H groups in total. The van der Waals surface area contributed by atoms with E-state index in [-0.39, 0.29) is 5.91 Å². The van der Waals surface area contributed by atoms with E-state index in [1.165, 1.54) is 0 Å². The molecule has 23 heavy (non-hydrogen) atoms. The Hall–Kier alpha value is -1.79. The zero-order valence-corrected chi connectivity index (χ0v) is 14.1. The van der Waals surface area contributed by atoms with E-state index in [4.69, 9.17) is 14.2 Å². The van der Waals surface area contributed by atoms with Crippen molar-refractivity contribution in [2.24, 2.45) is 5.92 Å². The Balaban J connectivity index is 1.91. The van der Waals surface area contributed by atoms with Crippen LogP contribution >= 0.6 is 0 Å². The molecule has 0 bridgehead atoms. The van der Waals surface area contributed by atoms with Crippen LogP contribution in [0.1, 0.15) is 17.3 Å². The number of carbonyl (C=O) groups excluding carboxylic acids is 1. The standard InChI is InChI=1S/C17H26N2O4/c1-13(12-19-7-9-23-10-8-19)11-18-17(20)16-14(21-2)5-4-6-15(16)22-3/h4-6,13H,7-12H2,1-3H3,(H,18,20). The van der Waals surface area contributed by atoms with E-state index in [2.05, 4.69) is 17.1 Å². The summed E-state index contributed by atoms with van der Waals surface area (Å²) in [7, 11) is 3.10. The maximum atomic E-state index is 12.5. The van der Waals surface area contributed by atoms with E-state index >= 15 is 0 Å². The molecule has 1 atom stereocenters. The van der Waals surface area contributed by atoms with Gasteiger partial charge in [0, 0.05) is 26.2 Å². The molecule has 0 radical (unpaired) electrons. The minimum absolute atomic E-state index is 0.173. The summed E-state index contributed by atoms with van der Waals surface area (Å²) in [5, 5.41) is 2.98. The highest BCUT2D eigenvalue weighted by molar-refractivity contribution is 5.99. The Morgan fingerprint density at radius 3 is 2.43 bits per heavy atom. The van der Waals surface area contributed by atoms with Gasteiger partial charge in [0.05, 0.1) is 27.4 Å². The fourth-order valence-corrected chi connectivity index (χ4v) is 2.72. The van der Waals surface area contributed by atoms with E-state index in [9.17, 15) is 4.79 Å². The first-order chi connectivity index (χ1) is 11.2. The van der Waals surface area contributed by atoms with Crippen LogP contribution in [0.4, 0.5) is 0 Å². The first-order valence-corrected chi connectivity index (χ1v) is 7.95. The fourth-order valence-electron chi connectivity index (χ4n) is 2.72. The molecule has 0 saturated carbocycles. The maximum absolute atomic E-state index is 12.5. The number of hydrogen-bond acceptors (Lipinski definition) is 5. The third-order valence-corrected chi connectivity index (χ3v) is 3.94. The molecule has 1 amide bonds. The summed E-state index contributed by atoms with van der Waals surface area (Å²) in [5.74, 6) is 1.22. The Morgan fingerprint density at radius 2 is 1.87 bits per heavy atom. The van der Waals surface area contributed by atoms with Crippen LogP contribution < -0.4 is 14.8 Å². The average molecular weight is 322 g/mol. The summed E-state index contributed by atoms with van der Waals surface area (Å²) in [6, 6.07) is 5.32. The second-order valence-electron chi connectivity index (χ2n) is 5.77. The van der Waals surface area contributed by atoms with Gasteiger partial charge in [-0.25, -0.2) is 0 Å². The number of nitrogens with zero attached hydrogens (tertiary/aromatic N) is 1. The van der Waals surface area contributed by atoms with Crippen molar-refractivity contribution in [3.8, 4) is 11.5 Å². The number of benzene rings is 1. The number of nitrogens with one attached hydrogen (secondary N) is 1. The third kappa shape index (κ3) is 4.84. The highest BCUT2D eigenvalue weighted by Crippen LogP contribution is 2.27. The molecule has 1 aromatic carbocycles. The van der Waals surface area contributed by atoms with Gasteiger partial charge in [0.25, 0.3) is 5.91 Å². The van der Waals surface area contributed by atoms with Crippen LogP contribution in [-0.2, 0) is 4.74 Å². The van der Waals surface area contributed by atoms with Gasteiger partial charge in [-0.05, 0) is 18.1 Å². The van der Waals surface area contributed by atoms with Crippen molar-refractivity contribution in [1.29, 1.82) is 0 Å². The highest BCUT2D eigenvalue weighted by atomic mass is 16.5. The van der Waals surface area contributed by atoms with Crippen molar-refractivity contribution in [3.05, 3.63) is 23.8 Å². The van der Waals surface area contributed by atoms with Gasteiger partial charge in [0.1, 0.15) is 17.1 Å². The number of ether oxygens (including phenoxy) is 3. The fraction of sp³-hybridized carbons (Fsp3) is 0.588. The Morgan fingerprint density at radius 1 is 1.26 bits per heavy atom. The van der Waals surface area contributed by atoms with Crippen LogP contribution in [0.15, 0.2) is 18.2 Å². The van der Waals surface area contributed by atoms with Gasteiger partial charge in [-0.3, -0.25) is 9.69 Å². The molecular formula is C17H26N2O4. The largest absolute Gasteiger partial charge is 0.496 e. The molecular weight excluding hydrogens is 296 g/mol. The summed E-state index contributed by atoms with van der Waals surface area (Å²) in [6.45, 7) is 7.19. The van der Waals surface area contributed by atoms with Gasteiger partial charge in [-0.15, -0.1) is 0 Å². The zero-order valence-electron chi connectivity index (χ0n) is 14.1. The first kappa shape index (κ1) is 17.6. The van der Waals surface area contributed by atoms with Crippen LogP contribution in [0, 0.1) is 5.92 Å². The van der Waals surface area contributed by atoms with Crippen molar-refractivity contribution in [3.63, 3.8) is 0 Å². The molecule has 1 unspecified atom stereocenters. The van der Waals surface area contributed by atoms with Crippen LogP contribution in [-0.4, -0.2) is 64.4 Å². The van der Waals surface area contributed by atoms with Crippen LogP contribution in [0.25, 0.3) is 0 Å². The van der Waals surface area contributed by atoms with Gasteiger partial charge in [-0.1, -0.05) is 13.0 Å². The smallest absolute Gasteiger partial charge is 0.258 e. The number of hydrogen-bond donors (Lipinski definition) is 1.